The summed E-state index contributed by atoms with van der Waals surface area (Å²) < 4.78 is 0. The summed E-state index contributed by atoms with van der Waals surface area (Å²) in [5.41, 5.74) is 0. The molecule has 0 aromatic carbocycles. The van der Waals surface area contributed by atoms with Crippen LogP contribution in [0.3, 0.4) is 0 Å². The first-order valence-corrected chi connectivity index (χ1v) is 7.11. The zero-order chi connectivity index (χ0) is 16.0. The van der Waals surface area contributed by atoms with Crippen molar-refractivity contribution in [3.05, 3.63) is 0 Å². The number of nitrogens with zero attached hydrogens (tertiary/aromatic N) is 1. The van der Waals surface area contributed by atoms with E-state index < -0.39 is 42.9 Å². The number of amides is 1. The fourth-order valence-electron chi connectivity index (χ4n) is 2.68. The second-order valence-electron chi connectivity index (χ2n) is 5.11. The zero-order valence-corrected chi connectivity index (χ0v) is 12.1. The van der Waals surface area contributed by atoms with Gasteiger partial charge in [-0.2, -0.15) is 0 Å². The highest BCUT2D eigenvalue weighted by molar-refractivity contribution is 5.82. The van der Waals surface area contributed by atoms with E-state index in [-0.39, 0.29) is 0 Å². The summed E-state index contributed by atoms with van der Waals surface area (Å²) in [4.78, 5) is 13.7. The molecular weight excluding hydrogens is 276 g/mol. The standard InChI is InChI=1S/C14H24N2O5/c1-3-5-6-7-16-9(8-17)11(18)13(20)12(19)10(16)14(21)15-4-2/h1,9-13,17-20H,4-8H2,2H3,(H,15,21)/t9-,10+,11-,12-,13+/m1/s1. The van der Waals surface area contributed by atoms with E-state index in [9.17, 15) is 25.2 Å². The maximum absolute atomic E-state index is 12.1. The average molecular weight is 300 g/mol. The van der Waals surface area contributed by atoms with E-state index in [4.69, 9.17) is 6.42 Å². The molecule has 7 heteroatoms. The van der Waals surface area contributed by atoms with Crippen LogP contribution in [0.4, 0.5) is 0 Å². The van der Waals surface area contributed by atoms with Crippen LogP contribution in [0, 0.1) is 12.3 Å². The molecule has 21 heavy (non-hydrogen) atoms. The number of carbonyl (C=O) groups is 1. The van der Waals surface area contributed by atoms with Crippen LogP contribution in [0.5, 0.6) is 0 Å². The molecule has 0 spiro atoms. The Hall–Kier alpha value is -1.17. The molecule has 0 unspecified atom stereocenters. The number of hydrogen-bond acceptors (Lipinski definition) is 6. The molecule has 0 saturated carbocycles. The van der Waals surface area contributed by atoms with Gasteiger partial charge in [0.2, 0.25) is 5.91 Å². The third kappa shape index (κ3) is 3.93. The summed E-state index contributed by atoms with van der Waals surface area (Å²) >= 11 is 0. The number of rotatable bonds is 6. The first-order valence-electron chi connectivity index (χ1n) is 7.11. The molecule has 1 amide bonds. The molecule has 0 aromatic rings. The Balaban J connectivity index is 2.99. The van der Waals surface area contributed by atoms with Gasteiger partial charge in [-0.1, -0.05) is 0 Å². The fraction of sp³-hybridized carbons (Fsp3) is 0.786. The lowest BCUT2D eigenvalue weighted by molar-refractivity contribution is -0.178. The number of likely N-dealkylation sites (N-methyl/N-ethyl adjacent to an activating group) is 1. The van der Waals surface area contributed by atoms with E-state index in [0.717, 1.165) is 0 Å². The summed E-state index contributed by atoms with van der Waals surface area (Å²) in [6.45, 7) is 2.02. The molecule has 0 aliphatic carbocycles. The molecule has 120 valence electrons. The summed E-state index contributed by atoms with van der Waals surface area (Å²) in [7, 11) is 0. The van der Waals surface area contributed by atoms with Crippen LogP contribution in [0.1, 0.15) is 19.8 Å². The summed E-state index contributed by atoms with van der Waals surface area (Å²) in [6.07, 6.45) is 1.98. The first kappa shape index (κ1) is 17.9. The van der Waals surface area contributed by atoms with Gasteiger partial charge in [0.05, 0.1) is 12.6 Å². The topological polar surface area (TPSA) is 113 Å². The van der Waals surface area contributed by atoms with E-state index >= 15 is 0 Å². The number of hydrogen-bond donors (Lipinski definition) is 5. The summed E-state index contributed by atoms with van der Waals surface area (Å²) in [6, 6.07) is -1.85. The minimum Gasteiger partial charge on any atom is -0.395 e. The van der Waals surface area contributed by atoms with Crippen molar-refractivity contribution in [2.24, 2.45) is 0 Å². The third-order valence-corrected chi connectivity index (χ3v) is 3.74. The maximum Gasteiger partial charge on any atom is 0.240 e. The predicted octanol–water partition coefficient (Wildman–Crippen LogP) is -2.34. The van der Waals surface area contributed by atoms with Crippen LogP contribution in [-0.4, -0.2) is 81.3 Å². The highest BCUT2D eigenvalue weighted by Crippen LogP contribution is 2.25. The highest BCUT2D eigenvalue weighted by atomic mass is 16.4. The molecule has 0 radical (unpaired) electrons. The molecule has 1 saturated heterocycles. The Morgan fingerprint density at radius 2 is 1.95 bits per heavy atom. The molecule has 1 heterocycles. The Kier molecular flexibility index (Phi) is 7.08. The van der Waals surface area contributed by atoms with Crippen LogP contribution < -0.4 is 5.32 Å². The number of terminal acetylenes is 1. The van der Waals surface area contributed by atoms with Gasteiger partial charge in [0, 0.05) is 19.5 Å². The Morgan fingerprint density at radius 3 is 2.48 bits per heavy atom. The van der Waals surface area contributed by atoms with Gasteiger partial charge in [0.25, 0.3) is 0 Å². The Labute approximate surface area is 124 Å². The van der Waals surface area contributed by atoms with Crippen molar-refractivity contribution >= 4 is 5.91 Å². The molecule has 1 aliphatic heterocycles. The van der Waals surface area contributed by atoms with Crippen molar-refractivity contribution in [3.8, 4) is 12.3 Å². The molecule has 5 atom stereocenters. The second-order valence-corrected chi connectivity index (χ2v) is 5.11. The van der Waals surface area contributed by atoms with Gasteiger partial charge in [0.1, 0.15) is 24.4 Å². The normalized spacial score (nSPS) is 33.4. The van der Waals surface area contributed by atoms with Crippen molar-refractivity contribution in [1.82, 2.24) is 10.2 Å². The van der Waals surface area contributed by atoms with E-state index in [1.807, 2.05) is 0 Å². The predicted molar refractivity (Wildman–Crippen MR) is 76.1 cm³/mol. The number of nitrogens with one attached hydrogen (secondary N) is 1. The smallest absolute Gasteiger partial charge is 0.240 e. The minimum absolute atomic E-state index is 0.331. The monoisotopic (exact) mass is 300 g/mol. The van der Waals surface area contributed by atoms with Crippen molar-refractivity contribution in [2.75, 3.05) is 19.7 Å². The number of aliphatic hydroxyl groups excluding tert-OH is 4. The van der Waals surface area contributed by atoms with Gasteiger partial charge in [0.15, 0.2) is 0 Å². The van der Waals surface area contributed by atoms with Gasteiger partial charge in [-0.05, 0) is 13.3 Å². The average Bonchev–Trinajstić information content (AvgIpc) is 2.46. The minimum atomic E-state index is -1.49. The van der Waals surface area contributed by atoms with Crippen LogP contribution in [0.15, 0.2) is 0 Å². The van der Waals surface area contributed by atoms with Gasteiger partial charge >= 0.3 is 0 Å². The number of aliphatic hydroxyl groups is 4. The summed E-state index contributed by atoms with van der Waals surface area (Å²) in [5.74, 6) is 2.03. The molecule has 0 bridgehead atoms. The van der Waals surface area contributed by atoms with Gasteiger partial charge in [-0.3, -0.25) is 9.69 Å². The lowest BCUT2D eigenvalue weighted by Crippen LogP contribution is -2.70. The van der Waals surface area contributed by atoms with Crippen LogP contribution in [0.2, 0.25) is 0 Å². The number of carbonyl (C=O) groups excluding carboxylic acids is 1. The molecule has 1 rings (SSSR count). The van der Waals surface area contributed by atoms with E-state index in [2.05, 4.69) is 11.2 Å². The number of unbranched alkanes of at least 4 members (excludes halogenated alkanes) is 1. The van der Waals surface area contributed by atoms with Crippen LogP contribution in [0.25, 0.3) is 0 Å². The summed E-state index contributed by atoms with van der Waals surface area (Å²) in [5, 5.41) is 42.0. The van der Waals surface area contributed by atoms with Crippen molar-refractivity contribution < 1.29 is 25.2 Å². The number of piperidine rings is 1. The van der Waals surface area contributed by atoms with Gasteiger partial charge in [-0.15, -0.1) is 12.3 Å². The lowest BCUT2D eigenvalue weighted by atomic mass is 9.87. The largest absolute Gasteiger partial charge is 0.395 e. The second kappa shape index (κ2) is 8.32. The van der Waals surface area contributed by atoms with Gasteiger partial charge in [-0.25, -0.2) is 0 Å². The molecule has 1 aliphatic rings. The number of likely N-dealkylation sites (tertiary alicyclic amines) is 1. The Bertz CT molecular complexity index is 384. The molecule has 0 aromatic heterocycles. The zero-order valence-electron chi connectivity index (χ0n) is 12.1. The Morgan fingerprint density at radius 1 is 1.29 bits per heavy atom. The molecule has 1 fully saturated rings. The third-order valence-electron chi connectivity index (χ3n) is 3.74. The maximum atomic E-state index is 12.1. The van der Waals surface area contributed by atoms with Crippen molar-refractivity contribution in [1.29, 1.82) is 0 Å². The SMILES string of the molecule is C#CCCCN1[C@H](CO)[C@@H](O)[C@H](O)[C@H](O)[C@H]1C(=O)NCC. The molecule has 7 nitrogen and oxygen atoms in total. The van der Waals surface area contributed by atoms with Gasteiger partial charge < -0.3 is 25.7 Å². The quantitative estimate of drug-likeness (QED) is 0.278. The molecular formula is C14H24N2O5. The van der Waals surface area contributed by atoms with Crippen molar-refractivity contribution in [2.45, 2.75) is 50.2 Å². The highest BCUT2D eigenvalue weighted by Gasteiger charge is 2.49. The van der Waals surface area contributed by atoms with E-state index in [0.29, 0.717) is 25.9 Å². The first-order chi connectivity index (χ1) is 9.99. The van der Waals surface area contributed by atoms with E-state index in [1.54, 1.807) is 6.92 Å². The van der Waals surface area contributed by atoms with Crippen LogP contribution >= 0.6 is 0 Å². The van der Waals surface area contributed by atoms with Crippen molar-refractivity contribution in [3.63, 3.8) is 0 Å². The molecule has 5 N–H and O–H groups in total. The van der Waals surface area contributed by atoms with E-state index in [1.165, 1.54) is 4.90 Å². The van der Waals surface area contributed by atoms with Crippen LogP contribution in [-0.2, 0) is 4.79 Å². The fourth-order valence-corrected chi connectivity index (χ4v) is 2.68. The lowest BCUT2D eigenvalue weighted by Gasteiger charge is -2.47.